The monoisotopic (exact) mass is 400 g/mol. The Morgan fingerprint density at radius 3 is 2.00 bits per heavy atom. The number of methoxy groups -OCH3 is 2. The third-order valence-electron chi connectivity index (χ3n) is 4.95. The minimum atomic E-state index is -1.08. The molecule has 154 valence electrons. The van der Waals surface area contributed by atoms with Crippen LogP contribution in [0.3, 0.4) is 0 Å². The summed E-state index contributed by atoms with van der Waals surface area (Å²) in [5.41, 5.74) is -0.267. The van der Waals surface area contributed by atoms with Crippen molar-refractivity contribution in [2.24, 2.45) is 0 Å². The second-order valence-corrected chi connectivity index (χ2v) is 6.79. The number of hydrogen-bond donors (Lipinski definition) is 0. The van der Waals surface area contributed by atoms with Crippen molar-refractivity contribution in [2.75, 3.05) is 20.8 Å². The Kier molecular flexibility index (Phi) is 6.64. The van der Waals surface area contributed by atoms with Crippen LogP contribution < -0.4 is 0 Å². The van der Waals surface area contributed by atoms with E-state index in [1.54, 1.807) is 55.5 Å². The standard InChI is InChI=1S/C22H24O7/c1-22(26-3)18(29-20(24)16-12-8-5-9-13-16)17(28-21(22)25-2)14-27-19(23)15-10-6-4-7-11-15/h4-13,17-18,21H,14H2,1-3H3/t17-,18+,21+,22+/m1/s1. The van der Waals surface area contributed by atoms with Gasteiger partial charge in [-0.3, -0.25) is 0 Å². The Morgan fingerprint density at radius 1 is 0.931 bits per heavy atom. The van der Waals surface area contributed by atoms with Gasteiger partial charge in [0.25, 0.3) is 0 Å². The molecule has 4 atom stereocenters. The van der Waals surface area contributed by atoms with Gasteiger partial charge in [0.2, 0.25) is 0 Å². The summed E-state index contributed by atoms with van der Waals surface area (Å²) in [5, 5.41) is 0. The molecule has 1 aliphatic rings. The van der Waals surface area contributed by atoms with Crippen molar-refractivity contribution in [3.8, 4) is 0 Å². The molecule has 0 amide bonds. The molecule has 1 heterocycles. The van der Waals surface area contributed by atoms with Crippen LogP contribution in [0.2, 0.25) is 0 Å². The van der Waals surface area contributed by atoms with Crippen molar-refractivity contribution in [1.29, 1.82) is 0 Å². The van der Waals surface area contributed by atoms with Gasteiger partial charge in [0, 0.05) is 14.2 Å². The molecule has 1 fully saturated rings. The number of rotatable bonds is 7. The van der Waals surface area contributed by atoms with Gasteiger partial charge in [-0.15, -0.1) is 0 Å². The zero-order chi connectivity index (χ0) is 20.9. The second kappa shape index (κ2) is 9.17. The van der Waals surface area contributed by atoms with E-state index in [0.717, 1.165) is 0 Å². The van der Waals surface area contributed by atoms with E-state index in [1.807, 2.05) is 12.1 Å². The molecule has 0 unspecified atom stereocenters. The molecule has 2 aromatic rings. The van der Waals surface area contributed by atoms with Gasteiger partial charge in [0.15, 0.2) is 18.0 Å². The summed E-state index contributed by atoms with van der Waals surface area (Å²) >= 11 is 0. The fourth-order valence-corrected chi connectivity index (χ4v) is 3.26. The first-order chi connectivity index (χ1) is 14.0. The normalized spacial score (nSPS) is 26.1. The minimum Gasteiger partial charge on any atom is -0.459 e. The summed E-state index contributed by atoms with van der Waals surface area (Å²) in [6, 6.07) is 17.2. The van der Waals surface area contributed by atoms with Crippen molar-refractivity contribution in [3.05, 3.63) is 71.8 Å². The molecule has 0 spiro atoms. The van der Waals surface area contributed by atoms with Crippen molar-refractivity contribution in [3.63, 3.8) is 0 Å². The molecule has 7 heteroatoms. The highest BCUT2D eigenvalue weighted by molar-refractivity contribution is 5.90. The molecule has 29 heavy (non-hydrogen) atoms. The quantitative estimate of drug-likeness (QED) is 0.661. The first-order valence-electron chi connectivity index (χ1n) is 9.21. The molecule has 0 radical (unpaired) electrons. The molecule has 1 saturated heterocycles. The number of benzene rings is 2. The largest absolute Gasteiger partial charge is 0.459 e. The van der Waals surface area contributed by atoms with Gasteiger partial charge in [0.1, 0.15) is 12.7 Å². The van der Waals surface area contributed by atoms with Crippen molar-refractivity contribution >= 4 is 11.9 Å². The van der Waals surface area contributed by atoms with E-state index in [2.05, 4.69) is 0 Å². The Bertz CT molecular complexity index is 824. The van der Waals surface area contributed by atoms with E-state index in [9.17, 15) is 9.59 Å². The zero-order valence-electron chi connectivity index (χ0n) is 16.6. The summed E-state index contributed by atoms with van der Waals surface area (Å²) in [5.74, 6) is -1.03. The van der Waals surface area contributed by atoms with E-state index in [1.165, 1.54) is 14.2 Å². The highest BCUT2D eigenvalue weighted by Gasteiger charge is 2.57. The highest BCUT2D eigenvalue weighted by atomic mass is 16.7. The van der Waals surface area contributed by atoms with Crippen LogP contribution in [0.15, 0.2) is 60.7 Å². The number of esters is 2. The van der Waals surface area contributed by atoms with E-state index in [4.69, 9.17) is 23.7 Å². The lowest BCUT2D eigenvalue weighted by Crippen LogP contribution is -2.50. The first kappa shape index (κ1) is 21.0. The zero-order valence-corrected chi connectivity index (χ0v) is 16.6. The van der Waals surface area contributed by atoms with E-state index in [-0.39, 0.29) is 6.61 Å². The molecule has 0 saturated carbocycles. The van der Waals surface area contributed by atoms with Crippen LogP contribution in [-0.2, 0) is 23.7 Å². The average molecular weight is 400 g/mol. The maximum absolute atomic E-state index is 12.6. The summed E-state index contributed by atoms with van der Waals surface area (Å²) < 4.78 is 28.0. The third-order valence-corrected chi connectivity index (χ3v) is 4.95. The van der Waals surface area contributed by atoms with E-state index < -0.39 is 36.0 Å². The van der Waals surface area contributed by atoms with Gasteiger partial charge in [-0.05, 0) is 31.2 Å². The van der Waals surface area contributed by atoms with Gasteiger partial charge >= 0.3 is 11.9 Å². The van der Waals surface area contributed by atoms with Gasteiger partial charge in [-0.1, -0.05) is 36.4 Å². The molecule has 0 aliphatic carbocycles. The van der Waals surface area contributed by atoms with Gasteiger partial charge < -0.3 is 23.7 Å². The lowest BCUT2D eigenvalue weighted by atomic mass is 9.97. The molecule has 0 aromatic heterocycles. The Hall–Kier alpha value is -2.74. The van der Waals surface area contributed by atoms with Crippen molar-refractivity contribution < 1.29 is 33.3 Å². The van der Waals surface area contributed by atoms with Crippen LogP contribution in [0.1, 0.15) is 27.6 Å². The maximum Gasteiger partial charge on any atom is 0.338 e. The smallest absolute Gasteiger partial charge is 0.338 e. The van der Waals surface area contributed by atoms with Crippen LogP contribution in [-0.4, -0.2) is 56.9 Å². The topological polar surface area (TPSA) is 80.3 Å². The van der Waals surface area contributed by atoms with Crippen molar-refractivity contribution in [2.45, 2.75) is 31.0 Å². The number of hydrogen-bond acceptors (Lipinski definition) is 7. The molecular weight excluding hydrogens is 376 g/mol. The Labute approximate surface area is 169 Å². The summed E-state index contributed by atoms with van der Waals surface area (Å²) in [4.78, 5) is 24.9. The fourth-order valence-electron chi connectivity index (χ4n) is 3.26. The molecule has 2 aromatic carbocycles. The fraction of sp³-hybridized carbons (Fsp3) is 0.364. The lowest BCUT2D eigenvalue weighted by molar-refractivity contribution is -0.197. The number of carbonyl (C=O) groups is 2. The van der Waals surface area contributed by atoms with Crippen LogP contribution in [0.5, 0.6) is 0 Å². The first-order valence-corrected chi connectivity index (χ1v) is 9.21. The average Bonchev–Trinajstić information content (AvgIpc) is 3.04. The predicted octanol–water partition coefficient (Wildman–Crippen LogP) is 2.85. The minimum absolute atomic E-state index is 0.126. The molecule has 1 aliphatic heterocycles. The van der Waals surface area contributed by atoms with Gasteiger partial charge in [-0.2, -0.15) is 0 Å². The van der Waals surface area contributed by atoms with E-state index >= 15 is 0 Å². The van der Waals surface area contributed by atoms with Gasteiger partial charge in [-0.25, -0.2) is 9.59 Å². The predicted molar refractivity (Wildman–Crippen MR) is 103 cm³/mol. The number of ether oxygens (including phenoxy) is 5. The van der Waals surface area contributed by atoms with Crippen LogP contribution in [0, 0.1) is 0 Å². The second-order valence-electron chi connectivity index (χ2n) is 6.79. The molecule has 3 rings (SSSR count). The SMILES string of the molecule is CO[C@H]1O[C@H](COC(=O)c2ccccc2)[C@H](OC(=O)c2ccccc2)[C@]1(C)OC. The van der Waals surface area contributed by atoms with Crippen molar-refractivity contribution in [1.82, 2.24) is 0 Å². The summed E-state index contributed by atoms with van der Waals surface area (Å²) in [7, 11) is 2.95. The Balaban J connectivity index is 1.76. The Morgan fingerprint density at radius 2 is 1.48 bits per heavy atom. The third kappa shape index (κ3) is 4.48. The van der Waals surface area contributed by atoms with E-state index in [0.29, 0.717) is 11.1 Å². The van der Waals surface area contributed by atoms with Crippen LogP contribution >= 0.6 is 0 Å². The summed E-state index contributed by atoms with van der Waals surface area (Å²) in [6.07, 6.45) is -2.42. The summed E-state index contributed by atoms with van der Waals surface area (Å²) in [6.45, 7) is 1.60. The van der Waals surface area contributed by atoms with Crippen LogP contribution in [0.25, 0.3) is 0 Å². The van der Waals surface area contributed by atoms with Crippen LogP contribution in [0.4, 0.5) is 0 Å². The molecular formula is C22H24O7. The molecule has 7 nitrogen and oxygen atoms in total. The lowest BCUT2D eigenvalue weighted by Gasteiger charge is -2.32. The molecule has 0 bridgehead atoms. The molecule has 0 N–H and O–H groups in total. The highest BCUT2D eigenvalue weighted by Crippen LogP contribution is 2.37. The number of carbonyl (C=O) groups excluding carboxylic acids is 2. The van der Waals surface area contributed by atoms with Gasteiger partial charge in [0.05, 0.1) is 11.1 Å². The maximum atomic E-state index is 12.6.